The van der Waals surface area contributed by atoms with E-state index in [9.17, 15) is 15.0 Å². The Morgan fingerprint density at radius 3 is 2.40 bits per heavy atom. The molecular formula is C10H17NO4. The maximum absolute atomic E-state index is 11.4. The number of carboxylic acids is 1. The topological polar surface area (TPSA) is 78.8 Å². The summed E-state index contributed by atoms with van der Waals surface area (Å²) < 4.78 is 5.18. The summed E-state index contributed by atoms with van der Waals surface area (Å²) in [5, 5.41) is 22.8. The van der Waals surface area contributed by atoms with Crippen LogP contribution in [0.25, 0.3) is 0 Å². The first-order chi connectivity index (χ1) is 7.11. The molecule has 2 aliphatic rings. The van der Waals surface area contributed by atoms with Gasteiger partial charge in [0.2, 0.25) is 0 Å². The van der Waals surface area contributed by atoms with Crippen LogP contribution in [0.2, 0.25) is 0 Å². The van der Waals surface area contributed by atoms with Gasteiger partial charge in [0.15, 0.2) is 0 Å². The summed E-state index contributed by atoms with van der Waals surface area (Å²) in [5.41, 5.74) is -2.13. The molecule has 2 saturated heterocycles. The third kappa shape index (κ3) is 1.55. The van der Waals surface area contributed by atoms with Crippen LogP contribution < -0.4 is 5.32 Å². The summed E-state index contributed by atoms with van der Waals surface area (Å²) in [5.74, 6) is -0.892. The van der Waals surface area contributed by atoms with Crippen molar-refractivity contribution in [3.05, 3.63) is 0 Å². The summed E-state index contributed by atoms with van der Waals surface area (Å²) in [4.78, 5) is 11.4. The zero-order valence-corrected chi connectivity index (χ0v) is 8.66. The van der Waals surface area contributed by atoms with Crippen molar-refractivity contribution in [3.8, 4) is 0 Å². The highest BCUT2D eigenvalue weighted by molar-refractivity contribution is 5.76. The maximum Gasteiger partial charge on any atom is 0.312 e. The molecule has 5 heteroatoms. The highest BCUT2D eigenvalue weighted by Crippen LogP contribution is 2.44. The number of nitrogens with one attached hydrogen (secondary N) is 1. The van der Waals surface area contributed by atoms with Gasteiger partial charge in [0.05, 0.1) is 5.60 Å². The zero-order valence-electron chi connectivity index (χ0n) is 8.66. The van der Waals surface area contributed by atoms with Gasteiger partial charge in [-0.05, 0) is 25.8 Å². The molecule has 86 valence electrons. The van der Waals surface area contributed by atoms with E-state index in [1.807, 2.05) is 0 Å². The van der Waals surface area contributed by atoms with Crippen LogP contribution in [0, 0.1) is 5.41 Å². The van der Waals surface area contributed by atoms with E-state index < -0.39 is 17.0 Å². The van der Waals surface area contributed by atoms with Crippen LogP contribution in [-0.4, -0.2) is 48.1 Å². The van der Waals surface area contributed by atoms with Crippen molar-refractivity contribution < 1.29 is 19.7 Å². The third-order valence-corrected chi connectivity index (χ3v) is 3.78. The van der Waals surface area contributed by atoms with Crippen LogP contribution in [0.3, 0.4) is 0 Å². The van der Waals surface area contributed by atoms with Crippen LogP contribution in [-0.2, 0) is 9.53 Å². The second-order valence-corrected chi connectivity index (χ2v) is 4.46. The summed E-state index contributed by atoms with van der Waals surface area (Å²) in [6.07, 6.45) is 1.32. The van der Waals surface area contributed by atoms with Gasteiger partial charge in [0, 0.05) is 19.8 Å². The van der Waals surface area contributed by atoms with E-state index in [1.54, 1.807) is 0 Å². The van der Waals surface area contributed by atoms with Crippen molar-refractivity contribution in [2.24, 2.45) is 5.41 Å². The highest BCUT2D eigenvalue weighted by Gasteiger charge is 2.57. The maximum atomic E-state index is 11.4. The second-order valence-electron chi connectivity index (χ2n) is 4.46. The minimum Gasteiger partial charge on any atom is -0.481 e. The molecule has 15 heavy (non-hydrogen) atoms. The normalized spacial score (nSPS) is 35.3. The van der Waals surface area contributed by atoms with Crippen molar-refractivity contribution in [2.75, 3.05) is 26.3 Å². The first-order valence-electron chi connectivity index (χ1n) is 5.35. The Balaban J connectivity index is 2.28. The lowest BCUT2D eigenvalue weighted by atomic mass is 9.66. The molecule has 0 spiro atoms. The number of rotatable bonds is 2. The van der Waals surface area contributed by atoms with E-state index in [1.165, 1.54) is 0 Å². The zero-order chi connectivity index (χ0) is 10.9. The lowest BCUT2D eigenvalue weighted by Gasteiger charge is -2.43. The van der Waals surface area contributed by atoms with Gasteiger partial charge in [-0.15, -0.1) is 0 Å². The molecule has 2 fully saturated rings. The molecule has 0 radical (unpaired) electrons. The first-order valence-corrected chi connectivity index (χ1v) is 5.35. The Bertz CT molecular complexity index is 254. The van der Waals surface area contributed by atoms with E-state index >= 15 is 0 Å². The van der Waals surface area contributed by atoms with Gasteiger partial charge in [0.1, 0.15) is 5.41 Å². The standard InChI is InChI=1S/C10H17NO4/c12-8(13)9(2-5-15-6-3-9)10(14)1-4-11-7-10/h11,14H,1-7H2,(H,12,13). The molecule has 3 N–H and O–H groups in total. The Labute approximate surface area is 88.4 Å². The lowest BCUT2D eigenvalue weighted by Crippen LogP contribution is -2.57. The molecule has 0 aliphatic carbocycles. The number of carboxylic acid groups (broad SMARTS) is 1. The van der Waals surface area contributed by atoms with Crippen molar-refractivity contribution in [3.63, 3.8) is 0 Å². The molecule has 5 nitrogen and oxygen atoms in total. The van der Waals surface area contributed by atoms with Crippen LogP contribution in [0.5, 0.6) is 0 Å². The molecule has 1 atom stereocenters. The number of hydrogen-bond donors (Lipinski definition) is 3. The van der Waals surface area contributed by atoms with Gasteiger partial charge >= 0.3 is 5.97 Å². The number of aliphatic hydroxyl groups is 1. The fourth-order valence-electron chi connectivity index (χ4n) is 2.69. The number of hydrogen-bond acceptors (Lipinski definition) is 4. The molecular weight excluding hydrogens is 198 g/mol. The molecule has 0 saturated carbocycles. The molecule has 2 heterocycles. The van der Waals surface area contributed by atoms with E-state index in [0.717, 1.165) is 0 Å². The van der Waals surface area contributed by atoms with Crippen molar-refractivity contribution in [1.29, 1.82) is 0 Å². The van der Waals surface area contributed by atoms with Gasteiger partial charge in [-0.3, -0.25) is 4.79 Å². The van der Waals surface area contributed by atoms with Crippen molar-refractivity contribution >= 4 is 5.97 Å². The number of ether oxygens (including phenoxy) is 1. The van der Waals surface area contributed by atoms with Crippen LogP contribution in [0.1, 0.15) is 19.3 Å². The van der Waals surface area contributed by atoms with E-state index in [0.29, 0.717) is 45.6 Å². The molecule has 0 aromatic heterocycles. The average molecular weight is 215 g/mol. The summed E-state index contributed by atoms with van der Waals surface area (Å²) in [7, 11) is 0. The molecule has 2 rings (SSSR count). The molecule has 0 aromatic carbocycles. The van der Waals surface area contributed by atoms with Crippen LogP contribution >= 0.6 is 0 Å². The SMILES string of the molecule is O=C(O)C1(C2(O)CCNC2)CCOCC1. The van der Waals surface area contributed by atoms with E-state index in [2.05, 4.69) is 5.32 Å². The quantitative estimate of drug-likeness (QED) is 0.583. The van der Waals surface area contributed by atoms with Crippen LogP contribution in [0.15, 0.2) is 0 Å². The predicted octanol–water partition coefficient (Wildman–Crippen LogP) is -0.408. The second kappa shape index (κ2) is 3.73. The fraction of sp³-hybridized carbons (Fsp3) is 0.900. The van der Waals surface area contributed by atoms with E-state index in [-0.39, 0.29) is 0 Å². The third-order valence-electron chi connectivity index (χ3n) is 3.78. The number of β-amino-alcohol motifs (C(OH)–C–C–N with tert-alkyl or cyclic N) is 1. The Hall–Kier alpha value is -0.650. The highest BCUT2D eigenvalue weighted by atomic mass is 16.5. The molecule has 0 bridgehead atoms. The molecule has 0 amide bonds. The minimum atomic E-state index is -1.11. The Morgan fingerprint density at radius 1 is 1.27 bits per heavy atom. The number of carbonyl (C=O) groups is 1. The van der Waals surface area contributed by atoms with Gasteiger partial charge in [0.25, 0.3) is 0 Å². The summed E-state index contributed by atoms with van der Waals surface area (Å²) in [6, 6.07) is 0. The Morgan fingerprint density at radius 2 is 1.93 bits per heavy atom. The first kappa shape index (κ1) is 10.9. The molecule has 1 unspecified atom stereocenters. The van der Waals surface area contributed by atoms with Gasteiger partial charge in [-0.25, -0.2) is 0 Å². The lowest BCUT2D eigenvalue weighted by molar-refractivity contribution is -0.180. The van der Waals surface area contributed by atoms with Crippen LogP contribution in [0.4, 0.5) is 0 Å². The summed E-state index contributed by atoms with van der Waals surface area (Å²) >= 11 is 0. The predicted molar refractivity (Wildman–Crippen MR) is 52.6 cm³/mol. The van der Waals surface area contributed by atoms with Gasteiger partial charge in [-0.2, -0.15) is 0 Å². The van der Waals surface area contributed by atoms with Crippen molar-refractivity contribution in [2.45, 2.75) is 24.9 Å². The minimum absolute atomic E-state index is 0.374. The fourth-order valence-corrected chi connectivity index (χ4v) is 2.69. The summed E-state index contributed by atoms with van der Waals surface area (Å²) in [6.45, 7) is 1.91. The average Bonchev–Trinajstić information content (AvgIpc) is 2.67. The van der Waals surface area contributed by atoms with Crippen molar-refractivity contribution in [1.82, 2.24) is 5.32 Å². The molecule has 2 aliphatic heterocycles. The number of aliphatic carboxylic acids is 1. The largest absolute Gasteiger partial charge is 0.481 e. The monoisotopic (exact) mass is 215 g/mol. The Kier molecular flexibility index (Phi) is 2.70. The van der Waals surface area contributed by atoms with E-state index in [4.69, 9.17) is 4.74 Å². The molecule has 0 aromatic rings. The smallest absolute Gasteiger partial charge is 0.312 e. The van der Waals surface area contributed by atoms with Gasteiger partial charge < -0.3 is 20.3 Å². The van der Waals surface area contributed by atoms with Gasteiger partial charge in [-0.1, -0.05) is 0 Å².